The average Bonchev–Trinajstić information content (AvgIpc) is 2.92. The molecule has 0 spiro atoms. The molecule has 8 nitrogen and oxygen atoms in total. The van der Waals surface area contributed by atoms with Crippen molar-refractivity contribution in [2.75, 3.05) is 13.2 Å². The van der Waals surface area contributed by atoms with Gasteiger partial charge in [0.25, 0.3) is 5.69 Å². The van der Waals surface area contributed by atoms with Crippen LogP contribution in [-0.4, -0.2) is 27.8 Å². The fourth-order valence-electron chi connectivity index (χ4n) is 2.67. The number of hydrogen-bond acceptors (Lipinski definition) is 6. The lowest BCUT2D eigenvalue weighted by molar-refractivity contribution is -0.384. The van der Waals surface area contributed by atoms with Crippen LogP contribution in [-0.2, 0) is 11.3 Å². The number of nitrogens with zero attached hydrogens (tertiary/aromatic N) is 4. The van der Waals surface area contributed by atoms with Gasteiger partial charge in [0.05, 0.1) is 22.7 Å². The summed E-state index contributed by atoms with van der Waals surface area (Å²) in [7, 11) is 0. The summed E-state index contributed by atoms with van der Waals surface area (Å²) in [6.07, 6.45) is 0. The highest BCUT2D eigenvalue weighted by atomic mass is 16.6. The molecular formula is C18H18N4O4. The number of nitro benzene ring substituents is 1. The van der Waals surface area contributed by atoms with Crippen LogP contribution in [0.3, 0.4) is 0 Å². The Balaban J connectivity index is 1.98. The summed E-state index contributed by atoms with van der Waals surface area (Å²) in [6.45, 7) is 3.45. The number of nitro groups is 1. The van der Waals surface area contributed by atoms with Crippen LogP contribution in [0.4, 0.5) is 17.1 Å². The number of rotatable bonds is 7. The second-order valence-corrected chi connectivity index (χ2v) is 5.51. The third-order valence-electron chi connectivity index (χ3n) is 3.89. The van der Waals surface area contributed by atoms with Crippen LogP contribution in [0.1, 0.15) is 6.92 Å². The fraction of sp³-hybridized carbons (Fsp3) is 0.222. The van der Waals surface area contributed by atoms with Crippen molar-refractivity contribution in [3.05, 3.63) is 58.6 Å². The van der Waals surface area contributed by atoms with Gasteiger partial charge in [-0.3, -0.25) is 10.1 Å². The first-order chi connectivity index (χ1) is 12.6. The Morgan fingerprint density at radius 2 is 2.00 bits per heavy atom. The van der Waals surface area contributed by atoms with E-state index in [1.165, 1.54) is 18.2 Å². The Bertz CT molecular complexity index is 965. The molecule has 0 aliphatic carbocycles. The molecule has 0 fully saturated rings. The van der Waals surface area contributed by atoms with Gasteiger partial charge in [0, 0.05) is 30.7 Å². The van der Waals surface area contributed by atoms with Crippen LogP contribution >= 0.6 is 0 Å². The summed E-state index contributed by atoms with van der Waals surface area (Å²) in [5.41, 5.74) is 1.41. The van der Waals surface area contributed by atoms with Crippen molar-refractivity contribution in [2.24, 2.45) is 10.2 Å². The van der Waals surface area contributed by atoms with Gasteiger partial charge < -0.3 is 14.4 Å². The van der Waals surface area contributed by atoms with Crippen LogP contribution in [0.5, 0.6) is 5.88 Å². The van der Waals surface area contributed by atoms with E-state index in [4.69, 9.17) is 4.74 Å². The van der Waals surface area contributed by atoms with Crippen LogP contribution in [0.25, 0.3) is 10.9 Å². The number of benzene rings is 2. The molecule has 0 unspecified atom stereocenters. The van der Waals surface area contributed by atoms with Crippen LogP contribution in [0.2, 0.25) is 0 Å². The van der Waals surface area contributed by atoms with Crippen molar-refractivity contribution in [1.82, 2.24) is 4.57 Å². The number of non-ortho nitro benzene ring substituents is 1. The highest BCUT2D eigenvalue weighted by Crippen LogP contribution is 2.39. The monoisotopic (exact) mass is 354 g/mol. The van der Waals surface area contributed by atoms with E-state index >= 15 is 0 Å². The summed E-state index contributed by atoms with van der Waals surface area (Å²) in [6, 6.07) is 13.3. The zero-order valence-corrected chi connectivity index (χ0v) is 14.2. The van der Waals surface area contributed by atoms with E-state index in [1.807, 2.05) is 31.2 Å². The van der Waals surface area contributed by atoms with E-state index in [2.05, 4.69) is 10.2 Å². The van der Waals surface area contributed by atoms with Gasteiger partial charge in [-0.25, -0.2) is 0 Å². The van der Waals surface area contributed by atoms with E-state index in [-0.39, 0.29) is 11.6 Å². The Morgan fingerprint density at radius 3 is 2.77 bits per heavy atom. The Labute approximate surface area is 149 Å². The van der Waals surface area contributed by atoms with E-state index in [1.54, 1.807) is 10.6 Å². The summed E-state index contributed by atoms with van der Waals surface area (Å²) in [5.74, 6) is -0.0138. The van der Waals surface area contributed by atoms with E-state index < -0.39 is 4.92 Å². The van der Waals surface area contributed by atoms with Crippen molar-refractivity contribution in [1.29, 1.82) is 0 Å². The lowest BCUT2D eigenvalue weighted by atomic mass is 10.2. The third-order valence-corrected chi connectivity index (χ3v) is 3.89. The summed E-state index contributed by atoms with van der Waals surface area (Å²) in [4.78, 5) is 10.4. The minimum Gasteiger partial charge on any atom is -0.493 e. The SMILES string of the molecule is CCOCCn1c(O)c(N=Nc2cccc([N+](=O)[O-])c2)c2ccccc21. The molecule has 0 bridgehead atoms. The molecule has 0 saturated carbocycles. The molecule has 0 saturated heterocycles. The molecule has 1 heterocycles. The molecule has 0 atom stereocenters. The molecule has 1 N–H and O–H groups in total. The quantitative estimate of drug-likeness (QED) is 0.287. The molecule has 2 aromatic carbocycles. The molecule has 0 amide bonds. The zero-order valence-electron chi connectivity index (χ0n) is 14.2. The number of azo groups is 1. The molecule has 134 valence electrons. The normalized spacial score (nSPS) is 11.4. The Hall–Kier alpha value is -3.26. The second kappa shape index (κ2) is 7.75. The maximum atomic E-state index is 10.9. The van der Waals surface area contributed by atoms with Crippen molar-refractivity contribution >= 4 is 28.0 Å². The van der Waals surface area contributed by atoms with Gasteiger partial charge in [0.15, 0.2) is 5.69 Å². The van der Waals surface area contributed by atoms with Crippen molar-refractivity contribution in [2.45, 2.75) is 13.5 Å². The Morgan fingerprint density at radius 1 is 1.19 bits per heavy atom. The van der Waals surface area contributed by atoms with Gasteiger partial charge in [-0.1, -0.05) is 24.3 Å². The Kier molecular flexibility index (Phi) is 5.23. The number of aromatic hydroxyl groups is 1. The first-order valence-corrected chi connectivity index (χ1v) is 8.16. The third kappa shape index (κ3) is 3.55. The molecule has 8 heteroatoms. The lowest BCUT2D eigenvalue weighted by Gasteiger charge is -2.06. The number of hydrogen-bond donors (Lipinski definition) is 1. The first kappa shape index (κ1) is 17.6. The minimum atomic E-state index is -0.490. The summed E-state index contributed by atoms with van der Waals surface area (Å²) >= 11 is 0. The van der Waals surface area contributed by atoms with Crippen LogP contribution in [0.15, 0.2) is 58.8 Å². The first-order valence-electron chi connectivity index (χ1n) is 8.16. The van der Waals surface area contributed by atoms with Crippen molar-refractivity contribution < 1.29 is 14.8 Å². The molecule has 0 radical (unpaired) electrons. The van der Waals surface area contributed by atoms with Crippen LogP contribution < -0.4 is 0 Å². The minimum absolute atomic E-state index is 0.0138. The average molecular weight is 354 g/mol. The number of para-hydroxylation sites is 1. The summed E-state index contributed by atoms with van der Waals surface area (Å²) in [5, 5.41) is 30.4. The highest BCUT2D eigenvalue weighted by molar-refractivity contribution is 5.95. The molecule has 3 rings (SSSR count). The standard InChI is InChI=1S/C18H18N4O4/c1-2-26-11-10-21-16-9-4-3-8-15(16)17(18(21)23)20-19-13-6-5-7-14(12-13)22(24)25/h3-9,12,23H,2,10-11H2,1H3. The van der Waals surface area contributed by atoms with Gasteiger partial charge in [-0.15, -0.1) is 5.11 Å². The van der Waals surface area contributed by atoms with Gasteiger partial charge in [-0.05, 0) is 19.1 Å². The highest BCUT2D eigenvalue weighted by Gasteiger charge is 2.16. The van der Waals surface area contributed by atoms with Crippen LogP contribution in [0, 0.1) is 10.1 Å². The van der Waals surface area contributed by atoms with E-state index in [0.29, 0.717) is 31.1 Å². The van der Waals surface area contributed by atoms with Crippen molar-refractivity contribution in [3.63, 3.8) is 0 Å². The van der Waals surface area contributed by atoms with E-state index in [0.717, 1.165) is 10.9 Å². The maximum absolute atomic E-state index is 10.9. The van der Waals surface area contributed by atoms with Gasteiger partial charge >= 0.3 is 0 Å². The van der Waals surface area contributed by atoms with Gasteiger partial charge in [-0.2, -0.15) is 5.11 Å². The predicted octanol–water partition coefficient (Wildman–Crippen LogP) is 4.71. The number of ether oxygens (including phenoxy) is 1. The maximum Gasteiger partial charge on any atom is 0.271 e. The topological polar surface area (TPSA) is 102 Å². The number of aromatic nitrogens is 1. The van der Waals surface area contributed by atoms with E-state index in [9.17, 15) is 15.2 Å². The number of fused-ring (bicyclic) bond motifs is 1. The smallest absolute Gasteiger partial charge is 0.271 e. The molecule has 0 aliphatic rings. The largest absolute Gasteiger partial charge is 0.493 e. The molecule has 26 heavy (non-hydrogen) atoms. The molecule has 1 aromatic heterocycles. The molecule has 0 aliphatic heterocycles. The fourth-order valence-corrected chi connectivity index (χ4v) is 2.67. The molecular weight excluding hydrogens is 336 g/mol. The van der Waals surface area contributed by atoms with Crippen molar-refractivity contribution in [3.8, 4) is 5.88 Å². The summed E-state index contributed by atoms with van der Waals surface area (Å²) < 4.78 is 7.08. The molecule has 3 aromatic rings. The lowest BCUT2D eigenvalue weighted by Crippen LogP contribution is -2.05. The van der Waals surface area contributed by atoms with Gasteiger partial charge in [0.2, 0.25) is 5.88 Å². The predicted molar refractivity (Wildman–Crippen MR) is 97.4 cm³/mol. The van der Waals surface area contributed by atoms with Gasteiger partial charge in [0.1, 0.15) is 0 Å². The second-order valence-electron chi connectivity index (χ2n) is 5.51. The zero-order chi connectivity index (χ0) is 18.5.